The summed E-state index contributed by atoms with van der Waals surface area (Å²) >= 11 is 3.12. The molecule has 1 aromatic carbocycles. The maximum atomic E-state index is 13.3. The van der Waals surface area contributed by atoms with E-state index in [1.54, 1.807) is 6.07 Å². The Bertz CT molecular complexity index is 510. The molecule has 2 rings (SSSR count). The van der Waals surface area contributed by atoms with Crippen LogP contribution in [0.2, 0.25) is 0 Å². The number of furan rings is 1. The zero-order chi connectivity index (χ0) is 12.3. The van der Waals surface area contributed by atoms with Crippen LogP contribution in [0.25, 0.3) is 0 Å². The molecule has 0 aliphatic rings. The van der Waals surface area contributed by atoms with Gasteiger partial charge in [-0.1, -0.05) is 6.92 Å². The normalized spacial score (nSPS) is 10.5. The summed E-state index contributed by atoms with van der Waals surface area (Å²) in [6.45, 7) is 2.60. The summed E-state index contributed by atoms with van der Waals surface area (Å²) in [7, 11) is 0. The first-order valence-electron chi connectivity index (χ1n) is 5.45. The Morgan fingerprint density at radius 2 is 2.00 bits per heavy atom. The Morgan fingerprint density at radius 1 is 1.24 bits per heavy atom. The number of aryl methyl sites for hydroxylation is 1. The van der Waals surface area contributed by atoms with Crippen LogP contribution in [0.5, 0.6) is 0 Å². The lowest BCUT2D eigenvalue weighted by molar-refractivity contribution is 0.476. The lowest BCUT2D eigenvalue weighted by Gasteiger charge is -2.05. The van der Waals surface area contributed by atoms with Gasteiger partial charge in [0, 0.05) is 12.1 Å². The van der Waals surface area contributed by atoms with E-state index in [1.165, 1.54) is 6.07 Å². The van der Waals surface area contributed by atoms with Crippen molar-refractivity contribution in [3.05, 3.63) is 52.1 Å². The first-order valence-corrected chi connectivity index (χ1v) is 6.25. The molecule has 0 bridgehead atoms. The zero-order valence-corrected chi connectivity index (χ0v) is 11.1. The molecule has 2 nitrogen and oxygen atoms in total. The van der Waals surface area contributed by atoms with Gasteiger partial charge >= 0.3 is 0 Å². The number of halogens is 2. The minimum Gasteiger partial charge on any atom is -0.464 e. The number of nitrogens with one attached hydrogen (secondary N) is 1. The highest BCUT2D eigenvalue weighted by atomic mass is 79.9. The SMILES string of the molecule is CCc1ccc(CNc2ccc(Br)c(F)c2)o1. The average Bonchev–Trinajstić information content (AvgIpc) is 2.79. The van der Waals surface area contributed by atoms with Gasteiger partial charge in [-0.05, 0) is 46.3 Å². The van der Waals surface area contributed by atoms with Crippen LogP contribution in [0.4, 0.5) is 10.1 Å². The first-order chi connectivity index (χ1) is 8.19. The Balaban J connectivity index is 1.99. The number of hydrogen-bond donors (Lipinski definition) is 1. The molecule has 17 heavy (non-hydrogen) atoms. The molecule has 1 aromatic heterocycles. The van der Waals surface area contributed by atoms with Crippen molar-refractivity contribution in [1.82, 2.24) is 0 Å². The third kappa shape index (κ3) is 3.09. The van der Waals surface area contributed by atoms with Crippen LogP contribution in [0.1, 0.15) is 18.4 Å². The summed E-state index contributed by atoms with van der Waals surface area (Å²) in [6.07, 6.45) is 0.882. The standard InChI is InChI=1S/C13H13BrFNO/c1-2-10-4-5-11(17-10)8-16-9-3-6-12(14)13(15)7-9/h3-7,16H,2,8H2,1H3. The van der Waals surface area contributed by atoms with E-state index >= 15 is 0 Å². The summed E-state index contributed by atoms with van der Waals surface area (Å²) < 4.78 is 19.3. The molecule has 0 radical (unpaired) electrons. The minimum absolute atomic E-state index is 0.274. The van der Waals surface area contributed by atoms with Gasteiger partial charge in [0.1, 0.15) is 17.3 Å². The van der Waals surface area contributed by atoms with E-state index in [-0.39, 0.29) is 5.82 Å². The van der Waals surface area contributed by atoms with Gasteiger partial charge < -0.3 is 9.73 Å². The van der Waals surface area contributed by atoms with E-state index in [4.69, 9.17) is 4.42 Å². The van der Waals surface area contributed by atoms with Crippen LogP contribution < -0.4 is 5.32 Å². The molecule has 0 fully saturated rings. The predicted molar refractivity (Wildman–Crippen MR) is 69.5 cm³/mol. The summed E-state index contributed by atoms with van der Waals surface area (Å²) in [5.41, 5.74) is 0.736. The van der Waals surface area contributed by atoms with E-state index in [2.05, 4.69) is 21.2 Å². The smallest absolute Gasteiger partial charge is 0.139 e. The van der Waals surface area contributed by atoms with Crippen molar-refractivity contribution in [1.29, 1.82) is 0 Å². The fourth-order valence-corrected chi connectivity index (χ4v) is 1.75. The monoisotopic (exact) mass is 297 g/mol. The second-order valence-corrected chi connectivity index (χ2v) is 4.56. The number of anilines is 1. The molecule has 2 aromatic rings. The maximum absolute atomic E-state index is 13.3. The molecule has 90 valence electrons. The van der Waals surface area contributed by atoms with Gasteiger partial charge in [0.25, 0.3) is 0 Å². The molecule has 0 spiro atoms. The highest BCUT2D eigenvalue weighted by Crippen LogP contribution is 2.20. The zero-order valence-electron chi connectivity index (χ0n) is 9.47. The topological polar surface area (TPSA) is 25.2 Å². The van der Waals surface area contributed by atoms with Crippen LogP contribution in [-0.4, -0.2) is 0 Å². The summed E-state index contributed by atoms with van der Waals surface area (Å²) in [5.74, 6) is 1.54. The van der Waals surface area contributed by atoms with E-state index in [0.29, 0.717) is 11.0 Å². The minimum atomic E-state index is -0.274. The molecule has 0 saturated heterocycles. The fraction of sp³-hybridized carbons (Fsp3) is 0.231. The number of hydrogen-bond acceptors (Lipinski definition) is 2. The van der Waals surface area contributed by atoms with Crippen molar-refractivity contribution in [2.45, 2.75) is 19.9 Å². The number of benzene rings is 1. The predicted octanol–water partition coefficient (Wildman–Crippen LogP) is 4.36. The molecule has 0 atom stereocenters. The van der Waals surface area contributed by atoms with E-state index < -0.39 is 0 Å². The Hall–Kier alpha value is -1.29. The summed E-state index contributed by atoms with van der Waals surface area (Å²) in [4.78, 5) is 0. The Kier molecular flexibility index (Phi) is 3.84. The van der Waals surface area contributed by atoms with Crippen molar-refractivity contribution in [3.8, 4) is 0 Å². The third-order valence-electron chi connectivity index (χ3n) is 2.45. The molecule has 0 aliphatic heterocycles. The molecule has 1 heterocycles. The second-order valence-electron chi connectivity index (χ2n) is 3.70. The fourth-order valence-electron chi connectivity index (χ4n) is 1.50. The van der Waals surface area contributed by atoms with Gasteiger partial charge in [-0.3, -0.25) is 0 Å². The van der Waals surface area contributed by atoms with Gasteiger partial charge in [-0.25, -0.2) is 4.39 Å². The number of rotatable bonds is 4. The van der Waals surface area contributed by atoms with Gasteiger partial charge in [0.2, 0.25) is 0 Å². The average molecular weight is 298 g/mol. The van der Waals surface area contributed by atoms with Crippen LogP contribution >= 0.6 is 15.9 Å². The lowest BCUT2D eigenvalue weighted by Crippen LogP contribution is -1.98. The van der Waals surface area contributed by atoms with Gasteiger partial charge in [-0.15, -0.1) is 0 Å². The highest BCUT2D eigenvalue weighted by molar-refractivity contribution is 9.10. The highest BCUT2D eigenvalue weighted by Gasteiger charge is 2.02. The van der Waals surface area contributed by atoms with E-state index in [9.17, 15) is 4.39 Å². The first kappa shape index (κ1) is 12.2. The summed E-state index contributed by atoms with van der Waals surface area (Å²) in [5, 5.41) is 3.11. The van der Waals surface area contributed by atoms with Crippen molar-refractivity contribution in [3.63, 3.8) is 0 Å². The third-order valence-corrected chi connectivity index (χ3v) is 3.10. The van der Waals surface area contributed by atoms with Crippen molar-refractivity contribution < 1.29 is 8.81 Å². The van der Waals surface area contributed by atoms with Gasteiger partial charge in [0.05, 0.1) is 11.0 Å². The quantitative estimate of drug-likeness (QED) is 0.907. The molecule has 0 aliphatic carbocycles. The lowest BCUT2D eigenvalue weighted by atomic mass is 10.3. The molecule has 4 heteroatoms. The Labute approximate surface area is 108 Å². The molecular formula is C13H13BrFNO. The van der Waals surface area contributed by atoms with E-state index in [0.717, 1.165) is 23.6 Å². The van der Waals surface area contributed by atoms with Crippen molar-refractivity contribution in [2.24, 2.45) is 0 Å². The van der Waals surface area contributed by atoms with Gasteiger partial charge in [0.15, 0.2) is 0 Å². The van der Waals surface area contributed by atoms with Crippen LogP contribution in [0, 0.1) is 5.82 Å². The van der Waals surface area contributed by atoms with Crippen LogP contribution in [-0.2, 0) is 13.0 Å². The summed E-state index contributed by atoms with van der Waals surface area (Å²) in [6, 6.07) is 8.84. The van der Waals surface area contributed by atoms with Crippen molar-refractivity contribution in [2.75, 3.05) is 5.32 Å². The van der Waals surface area contributed by atoms with E-state index in [1.807, 2.05) is 25.1 Å². The van der Waals surface area contributed by atoms with Crippen molar-refractivity contribution >= 4 is 21.6 Å². The molecule has 0 amide bonds. The largest absolute Gasteiger partial charge is 0.464 e. The molecular weight excluding hydrogens is 285 g/mol. The maximum Gasteiger partial charge on any atom is 0.139 e. The van der Waals surface area contributed by atoms with Gasteiger partial charge in [-0.2, -0.15) is 0 Å². The van der Waals surface area contributed by atoms with Crippen LogP contribution in [0.3, 0.4) is 0 Å². The van der Waals surface area contributed by atoms with Crippen LogP contribution in [0.15, 0.2) is 39.2 Å². The molecule has 0 unspecified atom stereocenters. The second kappa shape index (κ2) is 5.36. The Morgan fingerprint density at radius 3 is 2.65 bits per heavy atom. The molecule has 1 N–H and O–H groups in total. The molecule has 0 saturated carbocycles.